The number of rotatable bonds is 6. The van der Waals surface area contributed by atoms with Gasteiger partial charge >= 0.3 is 0 Å². The number of nitrogens with zero attached hydrogens (tertiary/aromatic N) is 1. The highest BCUT2D eigenvalue weighted by atomic mass is 15.1. The van der Waals surface area contributed by atoms with Gasteiger partial charge in [0.25, 0.3) is 0 Å². The van der Waals surface area contributed by atoms with Crippen molar-refractivity contribution in [3.63, 3.8) is 0 Å². The first-order chi connectivity index (χ1) is 6.22. The van der Waals surface area contributed by atoms with Gasteiger partial charge in [-0.25, -0.2) is 0 Å². The van der Waals surface area contributed by atoms with Crippen molar-refractivity contribution in [2.45, 2.75) is 45.1 Å². The van der Waals surface area contributed by atoms with Crippen LogP contribution in [0.25, 0.3) is 0 Å². The summed E-state index contributed by atoms with van der Waals surface area (Å²) in [6.45, 7) is 4.78. The third-order valence-electron chi connectivity index (χ3n) is 2.99. The first-order valence-corrected chi connectivity index (χ1v) is 5.66. The molecule has 0 spiro atoms. The minimum atomic E-state index is 0.508. The Labute approximate surface area is 82.5 Å². The molecule has 0 saturated heterocycles. The molecule has 1 saturated carbocycles. The third-order valence-corrected chi connectivity index (χ3v) is 2.99. The van der Waals surface area contributed by atoms with Crippen LogP contribution in [0.2, 0.25) is 0 Å². The zero-order valence-electron chi connectivity index (χ0n) is 9.13. The van der Waals surface area contributed by atoms with Crippen LogP contribution in [-0.4, -0.2) is 31.1 Å². The molecule has 0 radical (unpaired) electrons. The minimum Gasteiger partial charge on any atom is -0.328 e. The Balaban J connectivity index is 1.95. The van der Waals surface area contributed by atoms with E-state index in [1.807, 2.05) is 0 Å². The molecule has 2 heteroatoms. The smallest absolute Gasteiger partial charge is 0.00450 e. The molecule has 1 aliphatic carbocycles. The molecule has 2 nitrogen and oxygen atoms in total. The van der Waals surface area contributed by atoms with Crippen molar-refractivity contribution in [3.05, 3.63) is 0 Å². The van der Waals surface area contributed by atoms with Crippen LogP contribution >= 0.6 is 0 Å². The van der Waals surface area contributed by atoms with Crippen molar-refractivity contribution >= 4 is 0 Å². The lowest BCUT2D eigenvalue weighted by Crippen LogP contribution is -2.42. The molecule has 1 aliphatic rings. The van der Waals surface area contributed by atoms with Crippen molar-refractivity contribution < 1.29 is 0 Å². The topological polar surface area (TPSA) is 29.3 Å². The van der Waals surface area contributed by atoms with Crippen LogP contribution in [0.5, 0.6) is 0 Å². The van der Waals surface area contributed by atoms with Crippen LogP contribution in [0, 0.1) is 5.92 Å². The maximum absolute atomic E-state index is 5.75. The molecule has 0 heterocycles. The predicted octanol–water partition coefficient (Wildman–Crippen LogP) is 1.85. The highest BCUT2D eigenvalue weighted by molar-refractivity contribution is 4.83. The molecule has 78 valence electrons. The zero-order chi connectivity index (χ0) is 9.68. The van der Waals surface area contributed by atoms with E-state index in [0.717, 1.165) is 5.92 Å². The van der Waals surface area contributed by atoms with Crippen LogP contribution < -0.4 is 5.73 Å². The van der Waals surface area contributed by atoms with Gasteiger partial charge in [-0.1, -0.05) is 19.8 Å². The number of hydrogen-bond donors (Lipinski definition) is 1. The van der Waals surface area contributed by atoms with Crippen molar-refractivity contribution in [3.8, 4) is 0 Å². The van der Waals surface area contributed by atoms with Gasteiger partial charge in [0.2, 0.25) is 0 Å². The van der Waals surface area contributed by atoms with E-state index < -0.39 is 0 Å². The average molecular weight is 184 g/mol. The van der Waals surface area contributed by atoms with E-state index in [0.29, 0.717) is 6.04 Å². The van der Waals surface area contributed by atoms with Crippen LogP contribution in [0.1, 0.15) is 39.0 Å². The molecular weight excluding hydrogens is 160 g/mol. The minimum absolute atomic E-state index is 0.508. The summed E-state index contributed by atoms with van der Waals surface area (Å²) >= 11 is 0. The second-order valence-electron chi connectivity index (χ2n) is 4.57. The van der Waals surface area contributed by atoms with Gasteiger partial charge in [-0.3, -0.25) is 0 Å². The lowest BCUT2D eigenvalue weighted by molar-refractivity contribution is 0.181. The first kappa shape index (κ1) is 11.0. The lowest BCUT2D eigenvalue weighted by atomic mass is 9.80. The molecular formula is C11H24N2. The van der Waals surface area contributed by atoms with Gasteiger partial charge in [0.05, 0.1) is 0 Å². The van der Waals surface area contributed by atoms with E-state index in [-0.39, 0.29) is 0 Å². The molecule has 0 aromatic rings. The Morgan fingerprint density at radius 1 is 1.31 bits per heavy atom. The fourth-order valence-electron chi connectivity index (χ4n) is 2.10. The Hall–Kier alpha value is -0.0800. The second kappa shape index (κ2) is 5.61. The van der Waals surface area contributed by atoms with Gasteiger partial charge in [0.1, 0.15) is 0 Å². The van der Waals surface area contributed by atoms with Gasteiger partial charge < -0.3 is 10.6 Å². The van der Waals surface area contributed by atoms with Crippen LogP contribution in [0.3, 0.4) is 0 Å². The monoisotopic (exact) mass is 184 g/mol. The molecule has 0 unspecified atom stereocenters. The van der Waals surface area contributed by atoms with E-state index in [2.05, 4.69) is 18.9 Å². The zero-order valence-corrected chi connectivity index (χ0v) is 9.13. The Bertz CT molecular complexity index is 130. The molecule has 2 N–H and O–H groups in total. The fraction of sp³-hybridized carbons (Fsp3) is 1.00. The average Bonchev–Trinajstić information content (AvgIpc) is 2.02. The van der Waals surface area contributed by atoms with Crippen molar-refractivity contribution in [2.75, 3.05) is 20.1 Å². The van der Waals surface area contributed by atoms with E-state index in [1.165, 1.54) is 45.2 Å². The van der Waals surface area contributed by atoms with Crippen molar-refractivity contribution in [2.24, 2.45) is 11.7 Å². The van der Waals surface area contributed by atoms with Gasteiger partial charge in [-0.2, -0.15) is 0 Å². The highest BCUT2D eigenvalue weighted by Crippen LogP contribution is 2.25. The Kier molecular flexibility index (Phi) is 4.74. The number of nitrogens with two attached hydrogens (primary N) is 1. The van der Waals surface area contributed by atoms with Gasteiger partial charge in [0.15, 0.2) is 0 Å². The van der Waals surface area contributed by atoms with Crippen LogP contribution in [0.15, 0.2) is 0 Å². The molecule has 1 fully saturated rings. The van der Waals surface area contributed by atoms with Crippen molar-refractivity contribution in [1.29, 1.82) is 0 Å². The van der Waals surface area contributed by atoms with Gasteiger partial charge in [-0.15, -0.1) is 0 Å². The fourth-order valence-corrected chi connectivity index (χ4v) is 2.10. The van der Waals surface area contributed by atoms with E-state index >= 15 is 0 Å². The van der Waals surface area contributed by atoms with Gasteiger partial charge in [0, 0.05) is 12.6 Å². The predicted molar refractivity (Wildman–Crippen MR) is 57.7 cm³/mol. The molecule has 0 atom stereocenters. The summed E-state index contributed by atoms with van der Waals surface area (Å²) in [5, 5.41) is 0. The molecule has 0 bridgehead atoms. The summed E-state index contributed by atoms with van der Waals surface area (Å²) in [6.07, 6.45) is 6.54. The molecule has 0 aromatic heterocycles. The van der Waals surface area contributed by atoms with Crippen LogP contribution in [-0.2, 0) is 0 Å². The molecule has 0 aliphatic heterocycles. The molecule has 1 rings (SSSR count). The quantitative estimate of drug-likeness (QED) is 0.638. The summed E-state index contributed by atoms with van der Waals surface area (Å²) < 4.78 is 0. The first-order valence-electron chi connectivity index (χ1n) is 5.66. The summed E-state index contributed by atoms with van der Waals surface area (Å²) in [7, 11) is 2.24. The molecule has 0 aromatic carbocycles. The third kappa shape index (κ3) is 4.10. The van der Waals surface area contributed by atoms with E-state index in [9.17, 15) is 0 Å². The summed E-state index contributed by atoms with van der Waals surface area (Å²) in [6, 6.07) is 0.508. The Morgan fingerprint density at radius 3 is 2.54 bits per heavy atom. The largest absolute Gasteiger partial charge is 0.328 e. The second-order valence-corrected chi connectivity index (χ2v) is 4.57. The standard InChI is InChI=1S/C11H24N2/c1-3-4-5-6-13(2)9-10-7-11(12)8-10/h10-11H,3-9,12H2,1-2H3. The normalized spacial score (nSPS) is 27.7. The van der Waals surface area contributed by atoms with E-state index in [4.69, 9.17) is 5.73 Å². The number of unbranched alkanes of at least 4 members (excludes halogenated alkanes) is 2. The Morgan fingerprint density at radius 2 is 2.00 bits per heavy atom. The number of hydrogen-bond acceptors (Lipinski definition) is 2. The molecule has 13 heavy (non-hydrogen) atoms. The highest BCUT2D eigenvalue weighted by Gasteiger charge is 2.26. The van der Waals surface area contributed by atoms with Gasteiger partial charge in [-0.05, 0) is 38.8 Å². The SMILES string of the molecule is CCCCCN(C)CC1CC(N)C1. The maximum Gasteiger partial charge on any atom is 0.00450 e. The summed E-state index contributed by atoms with van der Waals surface area (Å²) in [5.41, 5.74) is 5.75. The van der Waals surface area contributed by atoms with E-state index in [1.54, 1.807) is 0 Å². The van der Waals surface area contributed by atoms with Crippen LogP contribution in [0.4, 0.5) is 0 Å². The van der Waals surface area contributed by atoms with Crippen molar-refractivity contribution in [1.82, 2.24) is 4.90 Å². The maximum atomic E-state index is 5.75. The summed E-state index contributed by atoms with van der Waals surface area (Å²) in [4.78, 5) is 2.46. The molecule has 0 amide bonds. The summed E-state index contributed by atoms with van der Waals surface area (Å²) in [5.74, 6) is 0.890. The lowest BCUT2D eigenvalue weighted by Gasteiger charge is -2.35.